The summed E-state index contributed by atoms with van der Waals surface area (Å²) in [5.41, 5.74) is 6.20. The molecular weight excluding hydrogens is 306 g/mol. The van der Waals surface area contributed by atoms with Crippen LogP contribution in [0.1, 0.15) is 36.2 Å². The first-order chi connectivity index (χ1) is 10.2. The summed E-state index contributed by atoms with van der Waals surface area (Å²) < 4.78 is 0. The van der Waals surface area contributed by atoms with Gasteiger partial charge in [-0.1, -0.05) is 6.42 Å². The molecule has 1 aromatic rings. The number of amides is 2. The minimum atomic E-state index is -0.296. The lowest BCUT2D eigenvalue weighted by Gasteiger charge is -2.14. The Morgan fingerprint density at radius 2 is 2.00 bits per heavy atom. The molecule has 2 amide bonds. The van der Waals surface area contributed by atoms with Crippen molar-refractivity contribution in [3.63, 3.8) is 0 Å². The van der Waals surface area contributed by atoms with Crippen molar-refractivity contribution in [2.45, 2.75) is 31.7 Å². The van der Waals surface area contributed by atoms with Crippen LogP contribution in [0.25, 0.3) is 0 Å². The normalized spacial score (nSPS) is 20.0. The average molecular weight is 328 g/mol. The molecule has 0 unspecified atom stereocenters. The molecule has 8 heteroatoms. The lowest BCUT2D eigenvalue weighted by molar-refractivity contribution is -0.122. The fraction of sp³-hybridized carbons (Fsp3) is 0.571. The van der Waals surface area contributed by atoms with Gasteiger partial charge in [-0.25, -0.2) is 4.98 Å². The molecule has 1 aliphatic carbocycles. The molecule has 0 aromatic carbocycles. The molecule has 122 valence electrons. The highest BCUT2D eigenvalue weighted by Gasteiger charge is 2.25. The third-order valence-electron chi connectivity index (χ3n) is 3.69. The summed E-state index contributed by atoms with van der Waals surface area (Å²) in [6, 6.07) is 0.145. The number of nitrogens with one attached hydrogen (secondary N) is 2. The third-order valence-corrected chi connectivity index (χ3v) is 3.69. The maximum absolute atomic E-state index is 11.8. The number of hydrogen-bond acceptors (Lipinski definition) is 5. The zero-order valence-electron chi connectivity index (χ0n) is 12.3. The molecular formula is C14H22ClN5O2. The van der Waals surface area contributed by atoms with E-state index in [1.165, 1.54) is 18.6 Å². The van der Waals surface area contributed by atoms with E-state index in [9.17, 15) is 9.59 Å². The number of carbonyl (C=O) groups excluding carboxylic acids is 2. The van der Waals surface area contributed by atoms with E-state index >= 15 is 0 Å². The van der Waals surface area contributed by atoms with Crippen LogP contribution in [0.5, 0.6) is 0 Å². The Kier molecular flexibility index (Phi) is 7.76. The van der Waals surface area contributed by atoms with E-state index in [0.717, 1.165) is 19.3 Å². The van der Waals surface area contributed by atoms with E-state index in [4.69, 9.17) is 5.73 Å². The molecule has 0 spiro atoms. The quantitative estimate of drug-likeness (QED) is 0.649. The second-order valence-corrected chi connectivity index (χ2v) is 5.26. The van der Waals surface area contributed by atoms with Gasteiger partial charge in [-0.15, -0.1) is 12.4 Å². The number of nitrogens with two attached hydrogens (primary N) is 1. The maximum Gasteiger partial charge on any atom is 0.271 e. The largest absolute Gasteiger partial charge is 0.354 e. The van der Waals surface area contributed by atoms with Gasteiger partial charge in [-0.2, -0.15) is 0 Å². The summed E-state index contributed by atoms with van der Waals surface area (Å²) in [5.74, 6) is -0.0135. The van der Waals surface area contributed by atoms with Crippen LogP contribution >= 0.6 is 12.4 Å². The van der Waals surface area contributed by atoms with Gasteiger partial charge in [-0.05, 0) is 18.8 Å². The summed E-state index contributed by atoms with van der Waals surface area (Å²) in [4.78, 5) is 31.1. The monoisotopic (exact) mass is 327 g/mol. The predicted octanol–water partition coefficient (Wildman–Crippen LogP) is 0.262. The van der Waals surface area contributed by atoms with Gasteiger partial charge in [0, 0.05) is 37.9 Å². The van der Waals surface area contributed by atoms with Crippen LogP contribution in [0.2, 0.25) is 0 Å². The fourth-order valence-corrected chi connectivity index (χ4v) is 2.51. The van der Waals surface area contributed by atoms with Crippen LogP contribution in [0, 0.1) is 5.92 Å². The first-order valence-electron chi connectivity index (χ1n) is 7.23. The molecule has 0 aliphatic heterocycles. The van der Waals surface area contributed by atoms with Crippen molar-refractivity contribution in [2.24, 2.45) is 11.7 Å². The lowest BCUT2D eigenvalue weighted by atomic mass is 10.00. The van der Waals surface area contributed by atoms with Crippen LogP contribution in [-0.4, -0.2) is 40.9 Å². The highest BCUT2D eigenvalue weighted by atomic mass is 35.5. The first-order valence-corrected chi connectivity index (χ1v) is 7.23. The molecule has 1 aromatic heterocycles. The predicted molar refractivity (Wildman–Crippen MR) is 84.6 cm³/mol. The maximum atomic E-state index is 11.8. The summed E-state index contributed by atoms with van der Waals surface area (Å²) >= 11 is 0. The van der Waals surface area contributed by atoms with Gasteiger partial charge in [0.05, 0.1) is 6.20 Å². The topological polar surface area (TPSA) is 110 Å². The van der Waals surface area contributed by atoms with Gasteiger partial charge >= 0.3 is 0 Å². The van der Waals surface area contributed by atoms with Gasteiger partial charge in [0.1, 0.15) is 5.69 Å². The van der Waals surface area contributed by atoms with E-state index in [1.54, 1.807) is 0 Å². The van der Waals surface area contributed by atoms with E-state index in [1.807, 2.05) is 0 Å². The van der Waals surface area contributed by atoms with Gasteiger partial charge in [0.25, 0.3) is 5.91 Å². The Morgan fingerprint density at radius 3 is 2.64 bits per heavy atom. The van der Waals surface area contributed by atoms with Crippen molar-refractivity contribution in [2.75, 3.05) is 13.1 Å². The second kappa shape index (κ2) is 9.32. The highest BCUT2D eigenvalue weighted by Crippen LogP contribution is 2.26. The van der Waals surface area contributed by atoms with Gasteiger partial charge in [-0.3, -0.25) is 14.6 Å². The Labute approximate surface area is 135 Å². The van der Waals surface area contributed by atoms with E-state index in [2.05, 4.69) is 20.6 Å². The van der Waals surface area contributed by atoms with E-state index in [0.29, 0.717) is 25.4 Å². The average Bonchev–Trinajstić information content (AvgIpc) is 2.89. The van der Waals surface area contributed by atoms with E-state index in [-0.39, 0.29) is 36.0 Å². The second-order valence-electron chi connectivity index (χ2n) is 5.26. The molecule has 4 N–H and O–H groups in total. The van der Waals surface area contributed by atoms with Crippen LogP contribution in [0.15, 0.2) is 18.6 Å². The van der Waals surface area contributed by atoms with Crippen LogP contribution < -0.4 is 16.4 Å². The summed E-state index contributed by atoms with van der Waals surface area (Å²) in [6.45, 7) is 0.755. The standard InChI is InChI=1S/C14H21N5O2.ClH/c15-11-3-1-2-10(11)8-13(20)18-6-7-19-14(21)12-9-16-4-5-17-12;/h4-5,9-11H,1-3,6-8,15H2,(H,18,20)(H,19,21);1H/t10-,11+;/m0./s1. The van der Waals surface area contributed by atoms with Crippen molar-refractivity contribution in [3.05, 3.63) is 24.3 Å². The number of carbonyl (C=O) groups is 2. The number of hydrogen-bond donors (Lipinski definition) is 3. The molecule has 1 heterocycles. The SMILES string of the molecule is Cl.N[C@@H]1CCC[C@H]1CC(=O)NCCNC(=O)c1cnccn1. The van der Waals surface area contributed by atoms with Crippen molar-refractivity contribution < 1.29 is 9.59 Å². The lowest BCUT2D eigenvalue weighted by Crippen LogP contribution is -2.37. The summed E-state index contributed by atoms with van der Waals surface area (Å²) in [5, 5.41) is 5.47. The van der Waals surface area contributed by atoms with Crippen LogP contribution in [0.4, 0.5) is 0 Å². The fourth-order valence-electron chi connectivity index (χ4n) is 2.51. The van der Waals surface area contributed by atoms with Crippen molar-refractivity contribution in [3.8, 4) is 0 Å². The minimum absolute atomic E-state index is 0. The Balaban J connectivity index is 0.00000242. The summed E-state index contributed by atoms with van der Waals surface area (Å²) in [6.07, 6.45) is 7.97. The van der Waals surface area contributed by atoms with Gasteiger partial charge < -0.3 is 16.4 Å². The molecule has 1 aliphatic rings. The number of nitrogens with zero attached hydrogens (tertiary/aromatic N) is 2. The van der Waals surface area contributed by atoms with E-state index < -0.39 is 0 Å². The molecule has 22 heavy (non-hydrogen) atoms. The Bertz CT molecular complexity index is 485. The summed E-state index contributed by atoms with van der Waals surface area (Å²) in [7, 11) is 0. The molecule has 1 saturated carbocycles. The smallest absolute Gasteiger partial charge is 0.271 e. The molecule has 0 bridgehead atoms. The zero-order valence-corrected chi connectivity index (χ0v) is 13.1. The molecule has 2 atom stereocenters. The number of halogens is 1. The molecule has 0 saturated heterocycles. The number of aromatic nitrogens is 2. The molecule has 1 fully saturated rings. The molecule has 0 radical (unpaired) electrons. The minimum Gasteiger partial charge on any atom is -0.354 e. The third kappa shape index (κ3) is 5.57. The van der Waals surface area contributed by atoms with Crippen molar-refractivity contribution >= 4 is 24.2 Å². The Hall–Kier alpha value is -1.73. The molecule has 2 rings (SSSR count). The van der Waals surface area contributed by atoms with Crippen molar-refractivity contribution in [1.82, 2.24) is 20.6 Å². The van der Waals surface area contributed by atoms with Crippen LogP contribution in [-0.2, 0) is 4.79 Å². The van der Waals surface area contributed by atoms with Crippen molar-refractivity contribution in [1.29, 1.82) is 0 Å². The number of rotatable bonds is 6. The zero-order chi connectivity index (χ0) is 15.1. The first kappa shape index (κ1) is 18.3. The van der Waals surface area contributed by atoms with Gasteiger partial charge in [0.2, 0.25) is 5.91 Å². The molecule has 7 nitrogen and oxygen atoms in total. The van der Waals surface area contributed by atoms with Gasteiger partial charge in [0.15, 0.2) is 0 Å². The highest BCUT2D eigenvalue weighted by molar-refractivity contribution is 5.91. The Morgan fingerprint density at radius 1 is 1.23 bits per heavy atom. The van der Waals surface area contributed by atoms with Crippen LogP contribution in [0.3, 0.4) is 0 Å².